The van der Waals surface area contributed by atoms with E-state index in [1.807, 2.05) is 0 Å². The van der Waals surface area contributed by atoms with Gasteiger partial charge in [0.1, 0.15) is 18.3 Å². The molecule has 2 heterocycles. The molecular weight excluding hydrogens is 298 g/mol. The van der Waals surface area contributed by atoms with Crippen molar-refractivity contribution in [1.29, 1.82) is 0 Å². The van der Waals surface area contributed by atoms with Gasteiger partial charge < -0.3 is 45.4 Å². The van der Waals surface area contributed by atoms with Crippen molar-refractivity contribution < 1.29 is 40.1 Å². The second kappa shape index (κ2) is 7.47. The zero-order valence-electron chi connectivity index (χ0n) is 12.3. The first-order valence-electron chi connectivity index (χ1n) is 7.33. The van der Waals surface area contributed by atoms with E-state index in [2.05, 4.69) is 5.32 Å². The molecule has 0 aliphatic carbocycles. The number of β-amino-alcohol motifs (C(OH)–C–C–N with tert-alkyl or cyclic N) is 1. The highest BCUT2D eigenvalue weighted by molar-refractivity contribution is 4.97. The summed E-state index contributed by atoms with van der Waals surface area (Å²) in [6, 6.07) is -0.623. The van der Waals surface area contributed by atoms with E-state index in [0.717, 1.165) is 0 Å². The minimum Gasteiger partial charge on any atom is -0.394 e. The van der Waals surface area contributed by atoms with Crippen LogP contribution in [0.3, 0.4) is 0 Å². The Bertz CT molecular complexity index is 343. The molecule has 2 aliphatic heterocycles. The molecule has 9 nitrogen and oxygen atoms in total. The van der Waals surface area contributed by atoms with Crippen molar-refractivity contribution in [3.8, 4) is 0 Å². The van der Waals surface area contributed by atoms with Gasteiger partial charge in [0.2, 0.25) is 0 Å². The summed E-state index contributed by atoms with van der Waals surface area (Å²) in [5.41, 5.74) is 0. The average Bonchev–Trinajstić information content (AvgIpc) is 2.51. The molecule has 2 fully saturated rings. The first-order chi connectivity index (χ1) is 10.4. The van der Waals surface area contributed by atoms with Gasteiger partial charge in [-0.25, -0.2) is 0 Å². The standard InChI is InChI=1S/C13H25NO8/c1-21-13-10(18)5(9(17)8(4-15)22-13)2-6-11(19)12(20)7(16)3-14-6/h5-20H,2-4H2,1H3/t5?,6-,7+,8?,9-,10?,11?,12?,13-/m0/s1. The molecule has 0 saturated carbocycles. The second-order valence-corrected chi connectivity index (χ2v) is 5.91. The first-order valence-corrected chi connectivity index (χ1v) is 7.33. The fourth-order valence-electron chi connectivity index (χ4n) is 3.13. The third-order valence-electron chi connectivity index (χ3n) is 4.53. The molecule has 0 bridgehead atoms. The van der Waals surface area contributed by atoms with Crippen molar-refractivity contribution in [2.45, 2.75) is 55.4 Å². The molecule has 22 heavy (non-hydrogen) atoms. The van der Waals surface area contributed by atoms with Crippen LogP contribution in [0.25, 0.3) is 0 Å². The summed E-state index contributed by atoms with van der Waals surface area (Å²) in [7, 11) is 1.34. The Labute approximate surface area is 128 Å². The van der Waals surface area contributed by atoms with Crippen LogP contribution in [0.15, 0.2) is 0 Å². The smallest absolute Gasteiger partial charge is 0.184 e. The molecule has 2 aliphatic rings. The van der Waals surface area contributed by atoms with Gasteiger partial charge >= 0.3 is 0 Å². The molecular formula is C13H25NO8. The van der Waals surface area contributed by atoms with Crippen LogP contribution in [-0.2, 0) is 9.47 Å². The Hall–Kier alpha value is -0.360. The number of rotatable bonds is 4. The molecule has 5 unspecified atom stereocenters. The van der Waals surface area contributed by atoms with Gasteiger partial charge in [-0.2, -0.15) is 0 Å². The predicted molar refractivity (Wildman–Crippen MR) is 72.7 cm³/mol. The number of aliphatic hydroxyl groups is 6. The van der Waals surface area contributed by atoms with Crippen LogP contribution in [-0.4, -0.2) is 99.9 Å². The van der Waals surface area contributed by atoms with Crippen LogP contribution in [0, 0.1) is 5.92 Å². The van der Waals surface area contributed by atoms with Gasteiger partial charge in [-0.1, -0.05) is 0 Å². The molecule has 9 atom stereocenters. The van der Waals surface area contributed by atoms with Crippen molar-refractivity contribution >= 4 is 0 Å². The van der Waals surface area contributed by atoms with Crippen molar-refractivity contribution in [2.75, 3.05) is 20.3 Å². The molecule has 0 spiro atoms. The Kier molecular flexibility index (Phi) is 6.11. The number of ether oxygens (including phenoxy) is 2. The van der Waals surface area contributed by atoms with E-state index in [-0.39, 0.29) is 13.0 Å². The molecule has 2 saturated heterocycles. The van der Waals surface area contributed by atoms with Crippen LogP contribution in [0.4, 0.5) is 0 Å². The maximum atomic E-state index is 10.2. The van der Waals surface area contributed by atoms with Gasteiger partial charge in [0, 0.05) is 25.6 Å². The highest BCUT2D eigenvalue weighted by Crippen LogP contribution is 2.31. The molecule has 7 N–H and O–H groups in total. The topological polar surface area (TPSA) is 152 Å². The van der Waals surface area contributed by atoms with E-state index in [1.54, 1.807) is 0 Å². The Morgan fingerprint density at radius 1 is 1.05 bits per heavy atom. The number of hydrogen-bond acceptors (Lipinski definition) is 9. The quantitative estimate of drug-likeness (QED) is 0.275. The SMILES string of the molecule is CO[C@H]1OC(CO)[C@@H](O)C(C[C@@H]2NC[C@@H](O)C(O)C2O)C1O. The van der Waals surface area contributed by atoms with Crippen LogP contribution in [0.2, 0.25) is 0 Å². The molecule has 0 aromatic heterocycles. The van der Waals surface area contributed by atoms with E-state index in [4.69, 9.17) is 9.47 Å². The van der Waals surface area contributed by atoms with Crippen molar-refractivity contribution in [1.82, 2.24) is 5.32 Å². The summed E-state index contributed by atoms with van der Waals surface area (Å²) in [6.07, 6.45) is -7.70. The summed E-state index contributed by atoms with van der Waals surface area (Å²) in [5, 5.41) is 61.8. The fourth-order valence-corrected chi connectivity index (χ4v) is 3.13. The van der Waals surface area contributed by atoms with Crippen molar-refractivity contribution in [2.24, 2.45) is 5.92 Å². The van der Waals surface area contributed by atoms with Crippen LogP contribution < -0.4 is 5.32 Å². The van der Waals surface area contributed by atoms with Gasteiger partial charge in [-0.3, -0.25) is 0 Å². The maximum Gasteiger partial charge on any atom is 0.184 e. The number of aliphatic hydroxyl groups excluding tert-OH is 6. The average molecular weight is 323 g/mol. The van der Waals surface area contributed by atoms with Gasteiger partial charge in [-0.05, 0) is 6.42 Å². The minimum atomic E-state index is -1.30. The van der Waals surface area contributed by atoms with Gasteiger partial charge in [-0.15, -0.1) is 0 Å². The summed E-state index contributed by atoms with van der Waals surface area (Å²) in [6.45, 7) is -0.346. The molecule has 0 aromatic carbocycles. The molecule has 2 rings (SSSR count). The first kappa shape index (κ1) is 18.0. The van der Waals surface area contributed by atoms with Gasteiger partial charge in [0.15, 0.2) is 6.29 Å². The molecule has 0 amide bonds. The second-order valence-electron chi connectivity index (χ2n) is 5.91. The van der Waals surface area contributed by atoms with Crippen molar-refractivity contribution in [3.63, 3.8) is 0 Å². The monoisotopic (exact) mass is 323 g/mol. The summed E-state index contributed by atoms with van der Waals surface area (Å²) in [4.78, 5) is 0. The lowest BCUT2D eigenvalue weighted by Crippen LogP contribution is -2.63. The largest absolute Gasteiger partial charge is 0.394 e. The molecule has 0 aromatic rings. The zero-order chi connectivity index (χ0) is 16.4. The summed E-state index contributed by atoms with van der Waals surface area (Å²) >= 11 is 0. The van der Waals surface area contributed by atoms with E-state index in [0.29, 0.717) is 0 Å². The van der Waals surface area contributed by atoms with E-state index in [9.17, 15) is 30.6 Å². The zero-order valence-corrected chi connectivity index (χ0v) is 12.3. The van der Waals surface area contributed by atoms with Gasteiger partial charge in [0.25, 0.3) is 0 Å². The summed E-state index contributed by atoms with van der Waals surface area (Å²) < 4.78 is 10.3. The Morgan fingerprint density at radius 2 is 1.73 bits per heavy atom. The van der Waals surface area contributed by atoms with Crippen LogP contribution in [0.5, 0.6) is 0 Å². The van der Waals surface area contributed by atoms with Crippen LogP contribution >= 0.6 is 0 Å². The Balaban J connectivity index is 2.08. The number of piperidine rings is 1. The third kappa shape index (κ3) is 3.42. The highest BCUT2D eigenvalue weighted by atomic mass is 16.7. The van der Waals surface area contributed by atoms with E-state index < -0.39 is 61.5 Å². The molecule has 130 valence electrons. The fraction of sp³-hybridized carbons (Fsp3) is 1.00. The van der Waals surface area contributed by atoms with E-state index in [1.165, 1.54) is 7.11 Å². The highest BCUT2D eigenvalue weighted by Gasteiger charge is 2.47. The molecule has 0 radical (unpaired) electrons. The number of nitrogens with one attached hydrogen (secondary N) is 1. The summed E-state index contributed by atoms with van der Waals surface area (Å²) in [5.74, 6) is -0.731. The number of hydrogen-bond donors (Lipinski definition) is 7. The third-order valence-corrected chi connectivity index (χ3v) is 4.53. The van der Waals surface area contributed by atoms with Crippen molar-refractivity contribution in [3.05, 3.63) is 0 Å². The van der Waals surface area contributed by atoms with Crippen LogP contribution in [0.1, 0.15) is 6.42 Å². The predicted octanol–water partition coefficient (Wildman–Crippen LogP) is -3.87. The lowest BCUT2D eigenvalue weighted by Gasteiger charge is -2.44. The number of methoxy groups -OCH3 is 1. The normalized spacial score (nSPS) is 50.0. The Morgan fingerprint density at radius 3 is 2.32 bits per heavy atom. The molecule has 9 heteroatoms. The van der Waals surface area contributed by atoms with Gasteiger partial charge in [0.05, 0.1) is 24.9 Å². The lowest BCUT2D eigenvalue weighted by molar-refractivity contribution is -0.285. The van der Waals surface area contributed by atoms with E-state index >= 15 is 0 Å². The lowest BCUT2D eigenvalue weighted by atomic mass is 9.80. The maximum absolute atomic E-state index is 10.2. The minimum absolute atomic E-state index is 0.0927.